The Morgan fingerprint density at radius 2 is 2.03 bits per heavy atom. The van der Waals surface area contributed by atoms with Crippen LogP contribution in [0.1, 0.15) is 46.8 Å². The molecule has 0 spiro atoms. The standard InChI is InChI=1S/C17H27N8O7P/c1-5-17(4,28)33(29,30)32-16(2,3)6-8-10(26)11(27)14(31-8)25-13-9(12(18)20-7-21-13)22-15(25)23-24-19/h7-8,10-11,14,26-28H,5-6H2,1-4H3,(H,29,30)(H2,18,20,21)/t8-,10-,11-,14-,17?/m1/s1. The van der Waals surface area contributed by atoms with Gasteiger partial charge in [0.2, 0.25) is 5.95 Å². The van der Waals surface area contributed by atoms with Gasteiger partial charge in [-0.25, -0.2) is 15.0 Å². The number of ether oxygens (including phenoxy) is 1. The maximum atomic E-state index is 12.6. The van der Waals surface area contributed by atoms with Gasteiger partial charge in [-0.3, -0.25) is 9.13 Å². The molecule has 16 heteroatoms. The fraction of sp³-hybridized carbons (Fsp3) is 0.706. The lowest BCUT2D eigenvalue weighted by Gasteiger charge is -2.35. The monoisotopic (exact) mass is 486 g/mol. The van der Waals surface area contributed by atoms with Crippen molar-refractivity contribution in [1.82, 2.24) is 19.5 Å². The largest absolute Gasteiger partial charge is 0.388 e. The second kappa shape index (κ2) is 8.78. The highest BCUT2D eigenvalue weighted by Gasteiger charge is 2.50. The quantitative estimate of drug-likeness (QED) is 0.155. The molecule has 6 atom stereocenters. The number of aliphatic hydroxyl groups excluding tert-OH is 2. The third kappa shape index (κ3) is 4.67. The van der Waals surface area contributed by atoms with Crippen molar-refractivity contribution in [3.8, 4) is 0 Å². The van der Waals surface area contributed by atoms with Crippen LogP contribution in [0.3, 0.4) is 0 Å². The summed E-state index contributed by atoms with van der Waals surface area (Å²) in [6.07, 6.45) is -4.30. The average molecular weight is 486 g/mol. The highest BCUT2D eigenvalue weighted by atomic mass is 31.2. The Bertz CT molecular complexity index is 1130. The number of nitrogens with two attached hydrogens (primary N) is 1. The molecule has 0 aromatic carbocycles. The number of anilines is 1. The topological polar surface area (TPSA) is 235 Å². The van der Waals surface area contributed by atoms with Gasteiger partial charge in [0.25, 0.3) is 0 Å². The number of hydrogen-bond acceptors (Lipinski definition) is 11. The Hall–Kier alpha value is -2.35. The minimum Gasteiger partial charge on any atom is -0.388 e. The average Bonchev–Trinajstić information content (AvgIpc) is 3.20. The van der Waals surface area contributed by atoms with E-state index in [4.69, 9.17) is 20.5 Å². The zero-order valence-corrected chi connectivity index (χ0v) is 19.4. The van der Waals surface area contributed by atoms with E-state index in [9.17, 15) is 24.8 Å². The van der Waals surface area contributed by atoms with E-state index in [1.807, 2.05) is 0 Å². The van der Waals surface area contributed by atoms with Gasteiger partial charge in [0.1, 0.15) is 18.5 Å². The summed E-state index contributed by atoms with van der Waals surface area (Å²) < 4.78 is 25.0. The van der Waals surface area contributed by atoms with Crippen LogP contribution in [-0.4, -0.2) is 69.0 Å². The number of aliphatic hydroxyl groups is 3. The van der Waals surface area contributed by atoms with Crippen LogP contribution in [0.15, 0.2) is 11.4 Å². The van der Waals surface area contributed by atoms with Crippen molar-refractivity contribution >= 4 is 30.5 Å². The number of hydrogen-bond donors (Lipinski definition) is 5. The molecule has 1 saturated heterocycles. The molecular formula is C17H27N8O7P. The molecule has 15 nitrogen and oxygen atoms in total. The van der Waals surface area contributed by atoms with E-state index in [-0.39, 0.29) is 35.8 Å². The summed E-state index contributed by atoms with van der Waals surface area (Å²) in [6.45, 7) is 5.71. The van der Waals surface area contributed by atoms with Gasteiger partial charge < -0.3 is 35.2 Å². The van der Waals surface area contributed by atoms with Gasteiger partial charge in [-0.15, -0.1) is 0 Å². The van der Waals surface area contributed by atoms with E-state index in [1.165, 1.54) is 32.3 Å². The third-order valence-electron chi connectivity index (χ3n) is 5.55. The summed E-state index contributed by atoms with van der Waals surface area (Å²) in [5, 5.41) is 33.1. The molecule has 0 radical (unpaired) electrons. The molecule has 1 fully saturated rings. The predicted octanol–water partition coefficient (Wildman–Crippen LogP) is 1.46. The summed E-state index contributed by atoms with van der Waals surface area (Å²) in [5.41, 5.74) is 13.6. The summed E-state index contributed by atoms with van der Waals surface area (Å²) in [6, 6.07) is 0. The van der Waals surface area contributed by atoms with Crippen LogP contribution < -0.4 is 5.73 Å². The van der Waals surface area contributed by atoms with Crippen molar-refractivity contribution in [1.29, 1.82) is 0 Å². The van der Waals surface area contributed by atoms with Gasteiger partial charge in [0, 0.05) is 11.3 Å². The Labute approximate surface area is 188 Å². The molecular weight excluding hydrogens is 459 g/mol. The van der Waals surface area contributed by atoms with Crippen molar-refractivity contribution in [3.63, 3.8) is 0 Å². The van der Waals surface area contributed by atoms with Crippen LogP contribution in [0.5, 0.6) is 0 Å². The number of aromatic nitrogens is 4. The summed E-state index contributed by atoms with van der Waals surface area (Å²) >= 11 is 0. The molecule has 182 valence electrons. The number of azide groups is 1. The Kier molecular flexibility index (Phi) is 6.72. The molecule has 33 heavy (non-hydrogen) atoms. The van der Waals surface area contributed by atoms with Crippen LogP contribution in [0.4, 0.5) is 11.8 Å². The number of nitrogen functional groups attached to an aromatic ring is 1. The van der Waals surface area contributed by atoms with Crippen molar-refractivity contribution in [2.75, 3.05) is 5.73 Å². The molecule has 2 unspecified atom stereocenters. The van der Waals surface area contributed by atoms with E-state index >= 15 is 0 Å². The molecule has 2 aromatic heterocycles. The Morgan fingerprint density at radius 3 is 2.64 bits per heavy atom. The third-order valence-corrected chi connectivity index (χ3v) is 7.83. The van der Waals surface area contributed by atoms with Crippen LogP contribution in [0.25, 0.3) is 21.6 Å². The van der Waals surface area contributed by atoms with Crippen LogP contribution in [0.2, 0.25) is 0 Å². The van der Waals surface area contributed by atoms with E-state index < -0.39 is 43.1 Å². The second-order valence-corrected chi connectivity index (χ2v) is 10.8. The molecule has 3 heterocycles. The summed E-state index contributed by atoms with van der Waals surface area (Å²) in [4.78, 5) is 24.9. The van der Waals surface area contributed by atoms with Crippen LogP contribution in [0, 0.1) is 0 Å². The number of fused-ring (bicyclic) bond motifs is 1. The smallest absolute Gasteiger partial charge is 0.359 e. The number of imidazole rings is 1. The molecule has 0 bridgehead atoms. The van der Waals surface area contributed by atoms with E-state index in [1.54, 1.807) is 0 Å². The van der Waals surface area contributed by atoms with Gasteiger partial charge >= 0.3 is 7.60 Å². The molecule has 3 rings (SSSR count). The highest BCUT2D eigenvalue weighted by molar-refractivity contribution is 7.54. The molecule has 1 aliphatic rings. The van der Waals surface area contributed by atoms with Gasteiger partial charge in [-0.05, 0) is 37.8 Å². The molecule has 0 saturated carbocycles. The van der Waals surface area contributed by atoms with Crippen LogP contribution in [-0.2, 0) is 13.8 Å². The molecule has 0 amide bonds. The summed E-state index contributed by atoms with van der Waals surface area (Å²) in [7, 11) is -4.47. The van der Waals surface area contributed by atoms with Gasteiger partial charge in [0.05, 0.1) is 11.7 Å². The first-order valence-electron chi connectivity index (χ1n) is 10.1. The molecule has 6 N–H and O–H groups in total. The van der Waals surface area contributed by atoms with Crippen LogP contribution >= 0.6 is 7.60 Å². The van der Waals surface area contributed by atoms with Crippen molar-refractivity contribution < 1.29 is 34.0 Å². The minimum absolute atomic E-state index is 0.00827. The molecule has 0 aliphatic carbocycles. The van der Waals surface area contributed by atoms with Gasteiger partial charge in [-0.2, -0.15) is 0 Å². The lowest BCUT2D eigenvalue weighted by atomic mass is 9.97. The maximum Gasteiger partial charge on any atom is 0.359 e. The SMILES string of the molecule is CCC(C)(O)P(=O)(O)OC(C)(C)C[C@H]1O[C@@H](n2c(N=[N+]=[N-])nc3c(N)ncnc32)[C@H](O)[C@@H]1O. The first kappa shape index (κ1) is 25.3. The Balaban J connectivity index is 1.91. The van der Waals surface area contributed by atoms with Crippen molar-refractivity contribution in [2.45, 2.75) is 76.0 Å². The first-order valence-corrected chi connectivity index (χ1v) is 11.6. The minimum atomic E-state index is -4.47. The Morgan fingerprint density at radius 1 is 1.36 bits per heavy atom. The zero-order valence-electron chi connectivity index (χ0n) is 18.5. The zero-order chi connectivity index (χ0) is 24.8. The van der Waals surface area contributed by atoms with Gasteiger partial charge in [0.15, 0.2) is 28.6 Å². The fourth-order valence-electron chi connectivity index (χ4n) is 3.53. The first-order chi connectivity index (χ1) is 15.2. The molecule has 2 aromatic rings. The normalized spacial score (nSPS) is 27.2. The fourth-order valence-corrected chi connectivity index (χ4v) is 4.87. The van der Waals surface area contributed by atoms with Crippen molar-refractivity contribution in [3.05, 3.63) is 16.8 Å². The number of rotatable bonds is 8. The lowest BCUT2D eigenvalue weighted by molar-refractivity contribution is -0.0630. The number of nitrogens with zero attached hydrogens (tertiary/aromatic N) is 7. The summed E-state index contributed by atoms with van der Waals surface area (Å²) in [5.74, 6) is -0.208. The van der Waals surface area contributed by atoms with Crippen molar-refractivity contribution in [2.24, 2.45) is 5.11 Å². The van der Waals surface area contributed by atoms with E-state index in [0.717, 1.165) is 6.33 Å². The maximum absolute atomic E-state index is 12.6. The van der Waals surface area contributed by atoms with E-state index in [0.29, 0.717) is 0 Å². The highest BCUT2D eigenvalue weighted by Crippen LogP contribution is 2.58. The van der Waals surface area contributed by atoms with E-state index in [2.05, 4.69) is 25.0 Å². The second-order valence-electron chi connectivity index (χ2n) is 8.59. The lowest BCUT2D eigenvalue weighted by Crippen LogP contribution is -2.38. The molecule has 1 aliphatic heterocycles. The predicted molar refractivity (Wildman–Crippen MR) is 115 cm³/mol. The van der Waals surface area contributed by atoms with Gasteiger partial charge in [-0.1, -0.05) is 6.92 Å².